The molecule has 10 aromatic rings. The van der Waals surface area contributed by atoms with Crippen LogP contribution in [0.3, 0.4) is 0 Å². The molecule has 4 saturated carbocycles. The Morgan fingerprint density at radius 2 is 1.08 bits per heavy atom. The van der Waals surface area contributed by atoms with Crippen LogP contribution in [-0.2, 0) is 33.7 Å². The predicted molar refractivity (Wildman–Crippen MR) is 273 cm³/mol. The van der Waals surface area contributed by atoms with Crippen molar-refractivity contribution in [3.8, 4) is 33.6 Å². The van der Waals surface area contributed by atoms with E-state index >= 15 is 0 Å². The molecule has 16 nitrogen and oxygen atoms in total. The van der Waals surface area contributed by atoms with Crippen LogP contribution in [0.4, 0.5) is 0 Å². The summed E-state index contributed by atoms with van der Waals surface area (Å²) < 4.78 is 10.8. The second-order valence-corrected chi connectivity index (χ2v) is 20.2. The van der Waals surface area contributed by atoms with Crippen molar-refractivity contribution in [1.29, 1.82) is 0 Å². The zero-order valence-corrected chi connectivity index (χ0v) is 40.0. The molecule has 4 fully saturated rings. The number of hydrogen-bond donors (Lipinski definition) is 1. The molecule has 4 aliphatic rings. The number of benzene rings is 2. The third-order valence-electron chi connectivity index (χ3n) is 14.5. The highest BCUT2D eigenvalue weighted by Gasteiger charge is 2.30. The fraction of sp³-hybridized carbons (Fsp3) is 0.327. The molecule has 0 amide bonds. The maximum Gasteiger partial charge on any atom is 0.281 e. The molecule has 0 spiro atoms. The first-order valence-electron chi connectivity index (χ1n) is 24.9. The molecular formula is C55H53N13O3. The number of carbonyl (C=O) groups excluding carboxylic acids is 1. The van der Waals surface area contributed by atoms with Crippen molar-refractivity contribution in [1.82, 2.24) is 63.5 Å². The fourth-order valence-electron chi connectivity index (χ4n) is 10.2. The quantitative estimate of drug-likeness (QED) is 0.111. The summed E-state index contributed by atoms with van der Waals surface area (Å²) in [7, 11) is 5.71. The summed E-state index contributed by atoms with van der Waals surface area (Å²) in [5.41, 5.74) is 12.3. The molecule has 0 atom stereocenters. The monoisotopic (exact) mass is 943 g/mol. The van der Waals surface area contributed by atoms with Gasteiger partial charge >= 0.3 is 0 Å². The Bertz CT molecular complexity index is 3860. The average Bonchev–Trinajstić information content (AvgIpc) is 4.17. The van der Waals surface area contributed by atoms with E-state index in [4.69, 9.17) is 15.2 Å². The van der Waals surface area contributed by atoms with E-state index < -0.39 is 0 Å². The van der Waals surface area contributed by atoms with Crippen molar-refractivity contribution < 1.29 is 4.79 Å². The zero-order chi connectivity index (χ0) is 48.1. The highest BCUT2D eigenvalue weighted by molar-refractivity contribution is 6.01. The van der Waals surface area contributed by atoms with E-state index in [2.05, 4.69) is 43.4 Å². The number of pyridine rings is 2. The van der Waals surface area contributed by atoms with E-state index in [1.165, 1.54) is 56.0 Å². The SMILES string of the molecule is CNCc1cn(CC2CC2)c2c(-c3ccc(C4CC4)nc3)c(=O)n(-c3ccc4nn(C)cc4c3)nc12.Cn1cc2cc(-n3nc4c(C=O)cn(CC5CC5)c4c(-c4ccc(C5CC5)nc4)c3=O)ccc2n1. The number of nitrogens with one attached hydrogen (secondary N) is 1. The molecule has 0 bridgehead atoms. The van der Waals surface area contributed by atoms with E-state index in [0.717, 1.165) is 86.0 Å². The first-order chi connectivity index (χ1) is 34.7. The van der Waals surface area contributed by atoms with Crippen molar-refractivity contribution >= 4 is 50.2 Å². The van der Waals surface area contributed by atoms with Gasteiger partial charge in [0.2, 0.25) is 0 Å². The Morgan fingerprint density at radius 1 is 0.592 bits per heavy atom. The Labute approximate surface area is 407 Å². The van der Waals surface area contributed by atoms with Crippen LogP contribution in [-0.4, -0.2) is 71.6 Å². The Morgan fingerprint density at radius 3 is 1.54 bits per heavy atom. The largest absolute Gasteiger partial charge is 0.345 e. The number of fused-ring (bicyclic) bond motifs is 4. The summed E-state index contributed by atoms with van der Waals surface area (Å²) in [6, 6.07) is 19.7. The Hall–Kier alpha value is -7.85. The van der Waals surface area contributed by atoms with Gasteiger partial charge in [-0.05, 0) is 119 Å². The maximum absolute atomic E-state index is 14.2. The number of aryl methyl sites for hydroxylation is 2. The minimum absolute atomic E-state index is 0.127. The lowest BCUT2D eigenvalue weighted by Gasteiger charge is -2.13. The molecule has 0 unspecified atom stereocenters. The summed E-state index contributed by atoms with van der Waals surface area (Å²) in [4.78, 5) is 49.8. The topological polar surface area (TPSA) is 170 Å². The summed E-state index contributed by atoms with van der Waals surface area (Å²) in [6.45, 7) is 2.37. The minimum Gasteiger partial charge on any atom is -0.345 e. The van der Waals surface area contributed by atoms with Crippen molar-refractivity contribution in [3.05, 3.63) is 141 Å². The van der Waals surface area contributed by atoms with Crippen molar-refractivity contribution in [2.24, 2.45) is 25.9 Å². The molecule has 1 N–H and O–H groups in total. The summed E-state index contributed by atoms with van der Waals surface area (Å²) >= 11 is 0. The lowest BCUT2D eigenvalue weighted by molar-refractivity contribution is 0.112. The molecule has 8 heterocycles. The summed E-state index contributed by atoms with van der Waals surface area (Å²) in [5, 5.41) is 23.8. The van der Waals surface area contributed by atoms with E-state index in [-0.39, 0.29) is 11.1 Å². The number of aldehydes is 1. The fourth-order valence-corrected chi connectivity index (χ4v) is 10.2. The zero-order valence-electron chi connectivity index (χ0n) is 40.0. The first-order valence-corrected chi connectivity index (χ1v) is 24.9. The van der Waals surface area contributed by atoms with Gasteiger partial charge in [0.15, 0.2) is 6.29 Å². The maximum atomic E-state index is 14.2. The van der Waals surface area contributed by atoms with Gasteiger partial charge in [0.05, 0.1) is 50.1 Å². The Balaban J connectivity index is 0.000000139. The number of hydrogen-bond acceptors (Lipinski definition) is 10. The molecule has 0 saturated heterocycles. The highest BCUT2D eigenvalue weighted by atomic mass is 16.1. The number of rotatable bonds is 13. The van der Waals surface area contributed by atoms with Gasteiger partial charge < -0.3 is 14.5 Å². The van der Waals surface area contributed by atoms with Gasteiger partial charge in [0.25, 0.3) is 11.1 Å². The molecule has 8 aromatic heterocycles. The van der Waals surface area contributed by atoms with Gasteiger partial charge in [-0.2, -0.15) is 29.8 Å². The smallest absolute Gasteiger partial charge is 0.281 e. The Kier molecular flexibility index (Phi) is 10.3. The van der Waals surface area contributed by atoms with Crippen LogP contribution in [0.25, 0.3) is 77.5 Å². The number of carbonyl (C=O) groups is 1. The molecule has 16 heteroatoms. The average molecular weight is 944 g/mol. The second-order valence-electron chi connectivity index (χ2n) is 20.2. The van der Waals surface area contributed by atoms with Crippen LogP contribution in [0.15, 0.2) is 107 Å². The molecular weight excluding hydrogens is 891 g/mol. The van der Waals surface area contributed by atoms with Gasteiger partial charge in [0.1, 0.15) is 11.0 Å². The van der Waals surface area contributed by atoms with E-state index in [0.29, 0.717) is 63.6 Å². The second kappa shape index (κ2) is 16.9. The molecule has 356 valence electrons. The first kappa shape index (κ1) is 43.2. The molecule has 71 heavy (non-hydrogen) atoms. The van der Waals surface area contributed by atoms with Crippen LogP contribution in [0.1, 0.15) is 90.5 Å². The van der Waals surface area contributed by atoms with Gasteiger partial charge in [-0.15, -0.1) is 0 Å². The minimum atomic E-state index is -0.227. The molecule has 0 radical (unpaired) electrons. The standard InChI is InChI=1S/C28H29N7O.C27H24N6O2/c1-29-12-21-16-34(14-17-3-4-17)27-25(19-7-9-23(30-13-19)18-5-6-18)28(36)35(32-26(21)27)22-8-10-24-20(11-22)15-33(2)31-24;1-31-13-19-10-21(7-9-23(19)29-31)33-27(35)24(18-6-8-22(28-11-18)17-4-5-17)26-25(30-33)20(15-34)14-32(26)12-16-2-3-16/h7-11,13,15-18,29H,3-6,12,14H2,1-2H3;6-11,13-17H,2-5,12H2,1H3. The third-order valence-corrected chi connectivity index (χ3v) is 14.5. The molecule has 0 aliphatic heterocycles. The van der Waals surface area contributed by atoms with E-state index in [9.17, 15) is 14.4 Å². The lowest BCUT2D eigenvalue weighted by Crippen LogP contribution is -2.24. The van der Waals surface area contributed by atoms with Gasteiger partial charge in [-0.25, -0.2) is 0 Å². The van der Waals surface area contributed by atoms with Crippen molar-refractivity contribution in [2.75, 3.05) is 7.05 Å². The van der Waals surface area contributed by atoms with Crippen LogP contribution in [0.2, 0.25) is 0 Å². The van der Waals surface area contributed by atoms with Crippen molar-refractivity contribution in [3.63, 3.8) is 0 Å². The van der Waals surface area contributed by atoms with Crippen molar-refractivity contribution in [2.45, 2.75) is 82.8 Å². The summed E-state index contributed by atoms with van der Waals surface area (Å²) in [5.74, 6) is 2.34. The van der Waals surface area contributed by atoms with Gasteiger partial charge in [-0.1, -0.05) is 12.1 Å². The summed E-state index contributed by atoms with van der Waals surface area (Å²) in [6.07, 6.45) is 21.9. The van der Waals surface area contributed by atoms with Gasteiger partial charge in [-0.3, -0.25) is 33.7 Å². The van der Waals surface area contributed by atoms with Crippen LogP contribution < -0.4 is 16.4 Å². The van der Waals surface area contributed by atoms with E-state index in [1.54, 1.807) is 20.2 Å². The lowest BCUT2D eigenvalue weighted by atomic mass is 10.1. The number of nitrogens with zero attached hydrogens (tertiary/aromatic N) is 12. The van der Waals surface area contributed by atoms with Crippen LogP contribution >= 0.6 is 0 Å². The highest BCUT2D eigenvalue weighted by Crippen LogP contribution is 2.41. The molecule has 4 aliphatic carbocycles. The normalized spacial score (nSPS) is 15.8. The predicted octanol–water partition coefficient (Wildman–Crippen LogP) is 8.38. The third kappa shape index (κ3) is 8.05. The van der Waals surface area contributed by atoms with Crippen LogP contribution in [0, 0.1) is 11.8 Å². The number of aromatic nitrogens is 12. The van der Waals surface area contributed by atoms with Gasteiger partial charge in [0, 0.05) is 122 Å². The molecule has 2 aromatic carbocycles. The molecule has 14 rings (SSSR count). The van der Waals surface area contributed by atoms with Crippen LogP contribution in [0.5, 0.6) is 0 Å². The van der Waals surface area contributed by atoms with E-state index in [1.807, 2.05) is 99.0 Å².